The number of nitrogens with zero attached hydrogens (tertiary/aromatic N) is 6. The van der Waals surface area contributed by atoms with Gasteiger partial charge < -0.3 is 10.1 Å². The molecule has 3 heterocycles. The number of carbonyl (C=O) groups is 1. The minimum atomic E-state index is -0.405. The molecule has 1 fully saturated rings. The van der Waals surface area contributed by atoms with Crippen LogP contribution in [-0.2, 0) is 16.1 Å². The van der Waals surface area contributed by atoms with E-state index >= 15 is 0 Å². The molecule has 1 amide bonds. The fraction of sp³-hybridized carbons (Fsp3) is 0.381. The molecule has 166 valence electrons. The second-order valence-electron chi connectivity index (χ2n) is 7.48. The van der Waals surface area contributed by atoms with E-state index in [-0.39, 0.29) is 17.8 Å². The van der Waals surface area contributed by atoms with Crippen LogP contribution >= 0.6 is 11.8 Å². The molecule has 0 spiro atoms. The normalized spacial score (nSPS) is 15.6. The lowest BCUT2D eigenvalue weighted by atomic mass is 10.2. The molecular formula is C21H22FN7O2S. The first-order chi connectivity index (χ1) is 15.5. The van der Waals surface area contributed by atoms with E-state index < -0.39 is 5.82 Å². The van der Waals surface area contributed by atoms with Gasteiger partial charge >= 0.3 is 0 Å². The zero-order valence-electron chi connectivity index (χ0n) is 17.7. The number of rotatable bonds is 7. The highest BCUT2D eigenvalue weighted by molar-refractivity contribution is 7.99. The van der Waals surface area contributed by atoms with Crippen molar-refractivity contribution >= 4 is 23.5 Å². The second kappa shape index (κ2) is 9.50. The van der Waals surface area contributed by atoms with Crippen LogP contribution in [0, 0.1) is 31.0 Å². The van der Waals surface area contributed by atoms with Gasteiger partial charge in [0.05, 0.1) is 29.7 Å². The van der Waals surface area contributed by atoms with Gasteiger partial charge in [0, 0.05) is 12.3 Å². The lowest BCUT2D eigenvalue weighted by Crippen LogP contribution is -2.19. The third kappa shape index (κ3) is 4.51. The lowest BCUT2D eigenvalue weighted by molar-refractivity contribution is -0.113. The van der Waals surface area contributed by atoms with E-state index in [4.69, 9.17) is 4.74 Å². The molecule has 0 unspecified atom stereocenters. The van der Waals surface area contributed by atoms with Gasteiger partial charge in [-0.25, -0.2) is 9.07 Å². The molecule has 0 saturated carbocycles. The topological polar surface area (TPSA) is 111 Å². The standard InChI is InChI=1S/C21H22FN7O2S/c1-13-14(2)29(16-6-3-5-15(22)9-16)20(18(13)10-23)24-19(30)12-32-21-25-26-27-28(21)11-17-7-4-8-31-17/h3,5-6,9,17H,4,7-8,11-12H2,1-2H3,(H,24,30)/t17-/m1/s1. The number of nitrogens with one attached hydrogen (secondary N) is 1. The number of ether oxygens (including phenoxy) is 1. The highest BCUT2D eigenvalue weighted by Gasteiger charge is 2.22. The average Bonchev–Trinajstić information content (AvgIpc) is 3.49. The summed E-state index contributed by atoms with van der Waals surface area (Å²) < 4.78 is 22.8. The summed E-state index contributed by atoms with van der Waals surface area (Å²) in [5.74, 6) is -0.368. The molecule has 1 aromatic carbocycles. The van der Waals surface area contributed by atoms with Crippen molar-refractivity contribution < 1.29 is 13.9 Å². The summed E-state index contributed by atoms with van der Waals surface area (Å²) in [6.45, 7) is 4.90. The first kappa shape index (κ1) is 22.0. The molecular weight excluding hydrogens is 433 g/mol. The monoisotopic (exact) mass is 455 g/mol. The van der Waals surface area contributed by atoms with Gasteiger partial charge in [-0.15, -0.1) is 5.10 Å². The van der Waals surface area contributed by atoms with Crippen molar-refractivity contribution in [3.63, 3.8) is 0 Å². The van der Waals surface area contributed by atoms with Crippen molar-refractivity contribution in [3.8, 4) is 11.8 Å². The third-order valence-electron chi connectivity index (χ3n) is 5.38. The molecule has 2 aromatic heterocycles. The molecule has 1 N–H and O–H groups in total. The Morgan fingerprint density at radius 3 is 3.00 bits per heavy atom. The predicted molar refractivity (Wildman–Crippen MR) is 116 cm³/mol. The highest BCUT2D eigenvalue weighted by Crippen LogP contribution is 2.30. The van der Waals surface area contributed by atoms with Crippen LogP contribution in [0.1, 0.15) is 29.7 Å². The molecule has 1 aliphatic heterocycles. The highest BCUT2D eigenvalue weighted by atomic mass is 32.2. The Balaban J connectivity index is 1.51. The van der Waals surface area contributed by atoms with E-state index in [1.165, 1.54) is 23.9 Å². The van der Waals surface area contributed by atoms with E-state index in [9.17, 15) is 14.4 Å². The largest absolute Gasteiger partial charge is 0.376 e. The van der Waals surface area contributed by atoms with Crippen molar-refractivity contribution in [2.45, 2.75) is 44.5 Å². The van der Waals surface area contributed by atoms with Crippen molar-refractivity contribution in [3.05, 3.63) is 46.9 Å². The predicted octanol–water partition coefficient (Wildman–Crippen LogP) is 3.00. The maximum Gasteiger partial charge on any atom is 0.236 e. The number of amides is 1. The van der Waals surface area contributed by atoms with Crippen molar-refractivity contribution in [1.82, 2.24) is 24.8 Å². The molecule has 0 radical (unpaired) electrons. The van der Waals surface area contributed by atoms with Gasteiger partial charge in [-0.1, -0.05) is 17.8 Å². The summed E-state index contributed by atoms with van der Waals surface area (Å²) in [5.41, 5.74) is 2.33. The number of carbonyl (C=O) groups excluding carboxylic acids is 1. The first-order valence-electron chi connectivity index (χ1n) is 10.2. The Morgan fingerprint density at radius 1 is 1.44 bits per heavy atom. The molecule has 0 bridgehead atoms. The number of benzene rings is 1. The summed E-state index contributed by atoms with van der Waals surface area (Å²) in [4.78, 5) is 12.8. The summed E-state index contributed by atoms with van der Waals surface area (Å²) in [6.07, 6.45) is 2.05. The zero-order chi connectivity index (χ0) is 22.7. The fourth-order valence-electron chi connectivity index (χ4n) is 3.69. The van der Waals surface area contributed by atoms with Crippen molar-refractivity contribution in [2.75, 3.05) is 17.7 Å². The van der Waals surface area contributed by atoms with Crippen LogP contribution < -0.4 is 5.32 Å². The van der Waals surface area contributed by atoms with E-state index in [0.29, 0.717) is 28.8 Å². The SMILES string of the molecule is Cc1c(C#N)c(NC(=O)CSc2nnnn2C[C@H]2CCCO2)n(-c2cccc(F)c2)c1C. The van der Waals surface area contributed by atoms with E-state index in [2.05, 4.69) is 26.9 Å². The first-order valence-corrected chi connectivity index (χ1v) is 11.1. The molecule has 32 heavy (non-hydrogen) atoms. The molecule has 11 heteroatoms. The molecule has 3 aromatic rings. The Hall–Kier alpha value is -3.23. The Labute approximate surface area is 188 Å². The second-order valence-corrected chi connectivity index (χ2v) is 8.42. The van der Waals surface area contributed by atoms with Gasteiger partial charge in [0.2, 0.25) is 11.1 Å². The molecule has 1 atom stereocenters. The van der Waals surface area contributed by atoms with Crippen LogP contribution in [0.25, 0.3) is 5.69 Å². The van der Waals surface area contributed by atoms with Crippen molar-refractivity contribution in [2.24, 2.45) is 0 Å². The number of thioether (sulfide) groups is 1. The lowest BCUT2D eigenvalue weighted by Gasteiger charge is -2.13. The van der Waals surface area contributed by atoms with Crippen LogP contribution in [0.2, 0.25) is 0 Å². The van der Waals surface area contributed by atoms with Gasteiger partial charge in [0.1, 0.15) is 17.7 Å². The van der Waals surface area contributed by atoms with Crippen LogP contribution in [0.5, 0.6) is 0 Å². The Kier molecular flexibility index (Phi) is 6.53. The average molecular weight is 456 g/mol. The molecule has 1 saturated heterocycles. The number of halogens is 1. The summed E-state index contributed by atoms with van der Waals surface area (Å²) in [5, 5.41) is 24.7. The minimum absolute atomic E-state index is 0.0448. The third-order valence-corrected chi connectivity index (χ3v) is 6.34. The van der Waals surface area contributed by atoms with Crippen LogP contribution in [0.15, 0.2) is 29.4 Å². The molecule has 9 nitrogen and oxygen atoms in total. The van der Waals surface area contributed by atoms with E-state index in [1.807, 2.05) is 6.92 Å². The number of hydrogen-bond donors (Lipinski definition) is 1. The van der Waals surface area contributed by atoms with Crippen LogP contribution in [-0.4, -0.2) is 49.1 Å². The smallest absolute Gasteiger partial charge is 0.236 e. The summed E-state index contributed by atoms with van der Waals surface area (Å²) in [7, 11) is 0. The van der Waals surface area contributed by atoms with Crippen LogP contribution in [0.4, 0.5) is 10.2 Å². The van der Waals surface area contributed by atoms with Gasteiger partial charge in [0.25, 0.3) is 0 Å². The van der Waals surface area contributed by atoms with E-state index in [1.54, 1.807) is 28.3 Å². The van der Waals surface area contributed by atoms with Gasteiger partial charge in [-0.3, -0.25) is 9.36 Å². The van der Waals surface area contributed by atoms with Crippen LogP contribution in [0.3, 0.4) is 0 Å². The number of tetrazole rings is 1. The zero-order valence-corrected chi connectivity index (χ0v) is 18.5. The maximum absolute atomic E-state index is 13.8. The quantitative estimate of drug-likeness (QED) is 0.545. The number of nitriles is 1. The minimum Gasteiger partial charge on any atom is -0.376 e. The van der Waals surface area contributed by atoms with Crippen molar-refractivity contribution in [1.29, 1.82) is 5.26 Å². The van der Waals surface area contributed by atoms with E-state index in [0.717, 1.165) is 30.7 Å². The summed E-state index contributed by atoms with van der Waals surface area (Å²) >= 11 is 1.20. The van der Waals surface area contributed by atoms with Gasteiger partial charge in [-0.2, -0.15) is 5.26 Å². The fourth-order valence-corrected chi connectivity index (χ4v) is 4.38. The summed E-state index contributed by atoms with van der Waals surface area (Å²) in [6, 6.07) is 8.16. The number of anilines is 1. The Bertz CT molecular complexity index is 1180. The number of aromatic nitrogens is 5. The molecule has 0 aliphatic carbocycles. The maximum atomic E-state index is 13.8. The van der Waals surface area contributed by atoms with Gasteiger partial charge in [0.15, 0.2) is 0 Å². The Morgan fingerprint density at radius 2 is 2.28 bits per heavy atom. The molecule has 1 aliphatic rings. The van der Waals surface area contributed by atoms with Gasteiger partial charge in [-0.05, 0) is 60.9 Å². The molecule has 4 rings (SSSR count). The number of hydrogen-bond acceptors (Lipinski definition) is 7.